The van der Waals surface area contributed by atoms with Crippen LogP contribution in [0.25, 0.3) is 11.0 Å². The van der Waals surface area contributed by atoms with E-state index in [1.165, 1.54) is 6.07 Å². The number of nitrogens with zero attached hydrogens (tertiary/aromatic N) is 3. The van der Waals surface area contributed by atoms with Gasteiger partial charge in [0.15, 0.2) is 5.03 Å². The molecule has 0 aliphatic carbocycles. The molecule has 0 atom stereocenters. The van der Waals surface area contributed by atoms with Gasteiger partial charge in [-0.05, 0) is 43.0 Å². The van der Waals surface area contributed by atoms with Gasteiger partial charge in [0.05, 0.1) is 15.9 Å². The fourth-order valence-electron chi connectivity index (χ4n) is 3.82. The van der Waals surface area contributed by atoms with Crippen molar-refractivity contribution in [1.82, 2.24) is 19.7 Å². The third kappa shape index (κ3) is 3.91. The minimum atomic E-state index is -3.86. The van der Waals surface area contributed by atoms with E-state index in [0.29, 0.717) is 11.4 Å². The molecule has 0 spiro atoms. The summed E-state index contributed by atoms with van der Waals surface area (Å²) in [6.45, 7) is 8.71. The highest BCUT2D eigenvalue weighted by Crippen LogP contribution is 2.31. The summed E-state index contributed by atoms with van der Waals surface area (Å²) in [5.74, 6) is 1.44. The van der Waals surface area contributed by atoms with Crippen molar-refractivity contribution in [1.29, 1.82) is 0 Å². The average molecular weight is 431 g/mol. The van der Waals surface area contributed by atoms with Gasteiger partial charge in [-0.3, -0.25) is 4.79 Å². The second kappa shape index (κ2) is 7.63. The smallest absolute Gasteiger partial charge is 0.264 e. The lowest BCUT2D eigenvalue weighted by molar-refractivity contribution is 0.0611. The Kier molecular flexibility index (Phi) is 5.27. The molecule has 0 bridgehead atoms. The van der Waals surface area contributed by atoms with E-state index in [-0.39, 0.29) is 15.3 Å². The maximum absolute atomic E-state index is 13.0. The van der Waals surface area contributed by atoms with Crippen molar-refractivity contribution in [2.45, 2.75) is 55.5 Å². The van der Waals surface area contributed by atoms with Crippen molar-refractivity contribution < 1.29 is 13.2 Å². The van der Waals surface area contributed by atoms with Gasteiger partial charge in [-0.1, -0.05) is 20.8 Å². The number of imidazole rings is 1. The van der Waals surface area contributed by atoms with Crippen LogP contribution in [0.3, 0.4) is 0 Å². The van der Waals surface area contributed by atoms with E-state index in [0.717, 1.165) is 50.0 Å². The summed E-state index contributed by atoms with van der Waals surface area (Å²) in [5.41, 5.74) is 0.910. The molecule has 0 saturated carbocycles. The third-order valence-electron chi connectivity index (χ3n) is 5.41. The minimum absolute atomic E-state index is 0.103. The topological polar surface area (TPSA) is 107 Å². The summed E-state index contributed by atoms with van der Waals surface area (Å²) < 4.78 is 33.6. The van der Waals surface area contributed by atoms with Gasteiger partial charge in [0.25, 0.3) is 5.56 Å². The second-order valence-corrected chi connectivity index (χ2v) is 10.7. The molecule has 0 amide bonds. The molecule has 3 aromatic rings. The largest absolute Gasteiger partial charge is 0.381 e. The van der Waals surface area contributed by atoms with Gasteiger partial charge in [0.2, 0.25) is 9.84 Å². The highest BCUT2D eigenvalue weighted by Gasteiger charge is 2.27. The number of sulfone groups is 1. The van der Waals surface area contributed by atoms with Crippen LogP contribution in [-0.4, -0.2) is 41.4 Å². The zero-order chi connectivity index (χ0) is 21.5. The lowest BCUT2D eigenvalue weighted by Gasteiger charge is -2.26. The monoisotopic (exact) mass is 430 g/mol. The van der Waals surface area contributed by atoms with E-state index >= 15 is 0 Å². The maximum atomic E-state index is 13.0. The molecule has 2 aromatic heterocycles. The lowest BCUT2D eigenvalue weighted by Crippen LogP contribution is -2.25. The van der Waals surface area contributed by atoms with Crippen molar-refractivity contribution in [2.24, 2.45) is 5.92 Å². The number of benzene rings is 1. The van der Waals surface area contributed by atoms with E-state index in [9.17, 15) is 13.2 Å². The zero-order valence-electron chi connectivity index (χ0n) is 17.4. The van der Waals surface area contributed by atoms with Gasteiger partial charge in [-0.25, -0.2) is 18.5 Å². The highest BCUT2D eigenvalue weighted by atomic mass is 32.2. The number of nitrogens with one attached hydrogen (secondary N) is 1. The summed E-state index contributed by atoms with van der Waals surface area (Å²) in [4.78, 5) is 16.1. The zero-order valence-corrected chi connectivity index (χ0v) is 18.2. The first kappa shape index (κ1) is 20.7. The maximum Gasteiger partial charge on any atom is 0.264 e. The molecule has 8 nitrogen and oxygen atoms in total. The van der Waals surface area contributed by atoms with Crippen LogP contribution in [0.5, 0.6) is 0 Å². The van der Waals surface area contributed by atoms with Crippen molar-refractivity contribution >= 4 is 20.9 Å². The fraction of sp³-hybridized carbons (Fsp3) is 0.476. The van der Waals surface area contributed by atoms with Gasteiger partial charge in [0, 0.05) is 31.2 Å². The Morgan fingerprint density at radius 2 is 1.90 bits per heavy atom. The quantitative estimate of drug-likeness (QED) is 0.682. The van der Waals surface area contributed by atoms with Crippen LogP contribution in [0, 0.1) is 5.92 Å². The SMILES string of the molecule is CC(C)(C)c1nc2cc(S(=O)(=O)c3ccc(=O)[nH]n3)ccc2n1CC1CCOCC1. The second-order valence-electron chi connectivity index (χ2n) is 8.77. The summed E-state index contributed by atoms with van der Waals surface area (Å²) >= 11 is 0. The van der Waals surface area contributed by atoms with E-state index in [2.05, 4.69) is 35.5 Å². The molecular weight excluding hydrogens is 404 g/mol. The lowest BCUT2D eigenvalue weighted by atomic mass is 9.94. The Hall–Kier alpha value is -2.52. The van der Waals surface area contributed by atoms with Gasteiger partial charge in [-0.2, -0.15) is 5.10 Å². The predicted molar refractivity (Wildman–Crippen MR) is 112 cm³/mol. The van der Waals surface area contributed by atoms with Crippen LogP contribution in [0.1, 0.15) is 39.4 Å². The average Bonchev–Trinajstić information content (AvgIpc) is 3.07. The fourth-order valence-corrected chi connectivity index (χ4v) is 4.99. The first-order valence-electron chi connectivity index (χ1n) is 10.1. The van der Waals surface area contributed by atoms with Crippen LogP contribution < -0.4 is 5.56 Å². The van der Waals surface area contributed by atoms with Crippen LogP contribution in [0.2, 0.25) is 0 Å². The van der Waals surface area contributed by atoms with Crippen LogP contribution in [0.15, 0.2) is 45.0 Å². The Morgan fingerprint density at radius 1 is 1.17 bits per heavy atom. The van der Waals surface area contributed by atoms with E-state index in [4.69, 9.17) is 9.72 Å². The number of hydrogen-bond donors (Lipinski definition) is 1. The Bertz CT molecular complexity index is 1210. The Labute approximate surface area is 175 Å². The number of fused-ring (bicyclic) bond motifs is 1. The molecule has 30 heavy (non-hydrogen) atoms. The third-order valence-corrected chi connectivity index (χ3v) is 7.06. The minimum Gasteiger partial charge on any atom is -0.381 e. The summed E-state index contributed by atoms with van der Waals surface area (Å²) in [7, 11) is -3.86. The summed E-state index contributed by atoms with van der Waals surface area (Å²) in [6.07, 6.45) is 2.02. The van der Waals surface area contributed by atoms with Gasteiger partial charge >= 0.3 is 0 Å². The van der Waals surface area contributed by atoms with Crippen LogP contribution in [0.4, 0.5) is 0 Å². The van der Waals surface area contributed by atoms with Crippen molar-refractivity contribution in [3.05, 3.63) is 46.5 Å². The van der Waals surface area contributed by atoms with Gasteiger partial charge in [0.1, 0.15) is 5.82 Å². The predicted octanol–water partition coefficient (Wildman–Crippen LogP) is 2.68. The molecule has 0 radical (unpaired) electrons. The summed E-state index contributed by atoms with van der Waals surface area (Å²) in [5, 5.41) is 5.66. The molecule has 1 aromatic carbocycles. The molecule has 1 fully saturated rings. The van der Waals surface area contributed by atoms with Gasteiger partial charge < -0.3 is 9.30 Å². The number of ether oxygens (including phenoxy) is 1. The molecule has 160 valence electrons. The number of hydrogen-bond acceptors (Lipinski definition) is 6. The van der Waals surface area contributed by atoms with Crippen LogP contribution in [-0.2, 0) is 26.5 Å². The Morgan fingerprint density at radius 3 is 2.53 bits per heavy atom. The molecule has 4 rings (SSSR count). The van der Waals surface area contributed by atoms with Crippen LogP contribution >= 0.6 is 0 Å². The highest BCUT2D eigenvalue weighted by molar-refractivity contribution is 7.91. The van der Waals surface area contributed by atoms with Gasteiger partial charge in [-0.15, -0.1) is 0 Å². The van der Waals surface area contributed by atoms with E-state index in [1.54, 1.807) is 12.1 Å². The molecule has 0 unspecified atom stereocenters. The molecular formula is C21H26N4O4S. The Balaban J connectivity index is 1.79. The normalized spacial score (nSPS) is 16.2. The number of rotatable bonds is 4. The van der Waals surface area contributed by atoms with Crippen molar-refractivity contribution in [3.8, 4) is 0 Å². The standard InChI is InChI=1S/C21H26N4O4S/c1-21(2,3)20-22-16-12-15(30(27,28)19-7-6-18(26)23-24-19)4-5-17(16)25(20)13-14-8-10-29-11-9-14/h4-7,12,14H,8-11,13H2,1-3H3,(H,23,26). The first-order valence-corrected chi connectivity index (χ1v) is 11.5. The number of H-pyrrole nitrogens is 1. The molecule has 3 heterocycles. The van der Waals surface area contributed by atoms with Crippen molar-refractivity contribution in [3.63, 3.8) is 0 Å². The molecule has 9 heteroatoms. The molecule has 1 saturated heterocycles. The number of aromatic nitrogens is 4. The van der Waals surface area contributed by atoms with E-state index in [1.807, 2.05) is 6.07 Å². The molecule has 1 aliphatic rings. The molecule has 1 aliphatic heterocycles. The summed E-state index contributed by atoms with van der Waals surface area (Å²) in [6, 6.07) is 7.35. The number of aromatic amines is 1. The molecule has 1 N–H and O–H groups in total. The van der Waals surface area contributed by atoms with Crippen molar-refractivity contribution in [2.75, 3.05) is 13.2 Å². The van der Waals surface area contributed by atoms with E-state index < -0.39 is 15.4 Å². The first-order chi connectivity index (χ1) is 14.2.